The van der Waals surface area contributed by atoms with Crippen LogP contribution in [0.25, 0.3) is 33.3 Å². The summed E-state index contributed by atoms with van der Waals surface area (Å²) < 4.78 is 42.7. The molecular weight excluding hydrogens is 451 g/mol. The highest BCUT2D eigenvalue weighted by Crippen LogP contribution is 2.39. The van der Waals surface area contributed by atoms with E-state index < -0.39 is 17.5 Å². The number of carbonyl (C=O) groups is 1. The summed E-state index contributed by atoms with van der Waals surface area (Å²) >= 11 is 6.13. The molecule has 0 aliphatic rings. The molecule has 0 fully saturated rings. The minimum atomic E-state index is -1.53. The lowest BCUT2D eigenvalue weighted by Crippen LogP contribution is -2.06. The van der Waals surface area contributed by atoms with Crippen molar-refractivity contribution in [1.82, 2.24) is 14.8 Å². The maximum absolute atomic E-state index is 13.8. The zero-order valence-corrected chi connectivity index (χ0v) is 17.7. The Bertz CT molecular complexity index is 1490. The first kappa shape index (κ1) is 21.0. The highest BCUT2D eigenvalue weighted by Gasteiger charge is 2.23. The maximum atomic E-state index is 13.8. The van der Waals surface area contributed by atoms with Gasteiger partial charge in [0.2, 0.25) is 0 Å². The highest BCUT2D eigenvalue weighted by atomic mass is 35.5. The summed E-state index contributed by atoms with van der Waals surface area (Å²) in [7, 11) is 0. The van der Waals surface area contributed by atoms with E-state index in [1.165, 1.54) is 0 Å². The van der Waals surface area contributed by atoms with Crippen LogP contribution in [0, 0.1) is 17.5 Å². The third-order valence-corrected chi connectivity index (χ3v) is 5.68. The lowest BCUT2D eigenvalue weighted by molar-refractivity contribution is 0.112. The molecule has 5 rings (SSSR count). The van der Waals surface area contributed by atoms with Gasteiger partial charge >= 0.3 is 0 Å². The molecule has 1 N–H and O–H groups in total. The van der Waals surface area contributed by atoms with Gasteiger partial charge in [0.05, 0.1) is 24.1 Å². The Morgan fingerprint density at radius 2 is 1.73 bits per heavy atom. The molecule has 0 unspecified atom stereocenters. The number of nitrogens with zero attached hydrogens (tertiary/aromatic N) is 2. The maximum Gasteiger partial charge on any atom is 0.194 e. The minimum Gasteiger partial charge on any atom is -0.352 e. The molecule has 2 heterocycles. The fourth-order valence-corrected chi connectivity index (χ4v) is 4.18. The van der Waals surface area contributed by atoms with Crippen LogP contribution >= 0.6 is 11.6 Å². The lowest BCUT2D eigenvalue weighted by atomic mass is 9.99. The predicted octanol–water partition coefficient (Wildman–Crippen LogP) is 6.63. The lowest BCUT2D eigenvalue weighted by Gasteiger charge is -2.12. The summed E-state index contributed by atoms with van der Waals surface area (Å²) in [6.45, 7) is -0.0468. The first-order chi connectivity index (χ1) is 16.0. The van der Waals surface area contributed by atoms with Gasteiger partial charge in [-0.2, -0.15) is 5.10 Å². The van der Waals surface area contributed by atoms with Gasteiger partial charge in [-0.25, -0.2) is 13.2 Å². The van der Waals surface area contributed by atoms with Gasteiger partial charge in [-0.3, -0.25) is 9.48 Å². The fourth-order valence-electron chi connectivity index (χ4n) is 4.00. The zero-order chi connectivity index (χ0) is 23.1. The van der Waals surface area contributed by atoms with Gasteiger partial charge in [0, 0.05) is 27.1 Å². The number of H-pyrrole nitrogens is 1. The van der Waals surface area contributed by atoms with E-state index in [-0.39, 0.29) is 12.1 Å². The van der Waals surface area contributed by atoms with Gasteiger partial charge < -0.3 is 4.98 Å². The van der Waals surface area contributed by atoms with E-state index in [0.717, 1.165) is 28.6 Å². The number of aromatic nitrogens is 3. The standard InChI is InChI=1S/C25H15ClF3N3O/c26-16-6-7-17-21(10-16)31-22(13-33)23(17)25-18(15-4-2-1-3-5-15)11-30-32(25)12-14-8-19(27)24(29)20(28)9-14/h1-11,13,31H,12H2. The summed E-state index contributed by atoms with van der Waals surface area (Å²) in [5, 5.41) is 5.68. The van der Waals surface area contributed by atoms with Gasteiger partial charge in [-0.1, -0.05) is 48.0 Å². The van der Waals surface area contributed by atoms with Crippen molar-refractivity contribution < 1.29 is 18.0 Å². The van der Waals surface area contributed by atoms with Gasteiger partial charge in [0.1, 0.15) is 0 Å². The Hall–Kier alpha value is -3.84. The fraction of sp³-hybridized carbons (Fsp3) is 0.0400. The van der Waals surface area contributed by atoms with E-state index in [2.05, 4.69) is 10.1 Å². The van der Waals surface area contributed by atoms with E-state index in [1.54, 1.807) is 29.1 Å². The third-order valence-electron chi connectivity index (χ3n) is 5.44. The molecule has 4 nitrogen and oxygen atoms in total. The molecule has 8 heteroatoms. The summed E-state index contributed by atoms with van der Waals surface area (Å²) in [6.07, 6.45) is 2.33. The van der Waals surface area contributed by atoms with Crippen LogP contribution in [0.2, 0.25) is 5.02 Å². The normalized spacial score (nSPS) is 11.3. The van der Waals surface area contributed by atoms with Crippen LogP contribution < -0.4 is 0 Å². The van der Waals surface area contributed by atoms with E-state index in [1.807, 2.05) is 30.3 Å². The number of benzene rings is 3. The van der Waals surface area contributed by atoms with Crippen molar-refractivity contribution in [3.05, 3.63) is 101 Å². The monoisotopic (exact) mass is 465 g/mol. The van der Waals surface area contributed by atoms with Gasteiger partial charge in [-0.15, -0.1) is 0 Å². The zero-order valence-electron chi connectivity index (χ0n) is 16.9. The van der Waals surface area contributed by atoms with E-state index in [0.29, 0.717) is 33.8 Å². The van der Waals surface area contributed by atoms with Crippen LogP contribution in [0.15, 0.2) is 66.9 Å². The van der Waals surface area contributed by atoms with Crippen molar-refractivity contribution in [2.24, 2.45) is 0 Å². The number of hydrogen-bond acceptors (Lipinski definition) is 2. The van der Waals surface area contributed by atoms with Crippen molar-refractivity contribution in [2.45, 2.75) is 6.54 Å². The Balaban J connectivity index is 1.77. The molecule has 164 valence electrons. The van der Waals surface area contributed by atoms with E-state index >= 15 is 0 Å². The van der Waals surface area contributed by atoms with Crippen molar-refractivity contribution in [1.29, 1.82) is 0 Å². The van der Waals surface area contributed by atoms with Crippen LogP contribution in [-0.2, 0) is 6.54 Å². The quantitative estimate of drug-likeness (QED) is 0.234. The second-order valence-corrected chi connectivity index (χ2v) is 7.96. The molecule has 0 aliphatic heterocycles. The van der Waals surface area contributed by atoms with E-state index in [9.17, 15) is 18.0 Å². The molecule has 33 heavy (non-hydrogen) atoms. The van der Waals surface area contributed by atoms with Crippen LogP contribution in [0.4, 0.5) is 13.2 Å². The molecule has 0 saturated heterocycles. The topological polar surface area (TPSA) is 50.7 Å². The van der Waals surface area contributed by atoms with Gasteiger partial charge in [0.25, 0.3) is 0 Å². The molecule has 0 bridgehead atoms. The predicted molar refractivity (Wildman–Crippen MR) is 121 cm³/mol. The molecule has 0 amide bonds. The molecule has 0 aliphatic carbocycles. The third kappa shape index (κ3) is 3.70. The van der Waals surface area contributed by atoms with Crippen LogP contribution in [0.1, 0.15) is 16.1 Å². The van der Waals surface area contributed by atoms with Crippen molar-refractivity contribution in [2.75, 3.05) is 0 Å². The number of rotatable bonds is 5. The average molecular weight is 466 g/mol. The number of hydrogen-bond donors (Lipinski definition) is 1. The SMILES string of the molecule is O=Cc1[nH]c2cc(Cl)ccc2c1-c1c(-c2ccccc2)cnn1Cc1cc(F)c(F)c(F)c1. The molecule has 0 saturated carbocycles. The average Bonchev–Trinajstić information content (AvgIpc) is 3.37. The number of aldehydes is 1. The van der Waals surface area contributed by atoms with Crippen molar-refractivity contribution in [3.8, 4) is 22.4 Å². The van der Waals surface area contributed by atoms with Crippen molar-refractivity contribution >= 4 is 28.8 Å². The highest BCUT2D eigenvalue weighted by molar-refractivity contribution is 6.31. The van der Waals surface area contributed by atoms with Crippen LogP contribution in [-0.4, -0.2) is 21.1 Å². The Kier molecular flexibility index (Phi) is 5.26. The number of nitrogens with one attached hydrogen (secondary N) is 1. The minimum absolute atomic E-state index is 0.0468. The molecular formula is C25H15ClF3N3O. The molecule has 3 aromatic carbocycles. The Labute approximate surface area is 191 Å². The number of aromatic amines is 1. The molecule has 0 spiro atoms. The van der Waals surface area contributed by atoms with Crippen molar-refractivity contribution in [3.63, 3.8) is 0 Å². The Morgan fingerprint density at radius 3 is 2.42 bits per heavy atom. The molecule has 2 aromatic heterocycles. The summed E-state index contributed by atoms with van der Waals surface area (Å²) in [4.78, 5) is 15.1. The van der Waals surface area contributed by atoms with E-state index in [4.69, 9.17) is 11.6 Å². The number of halogens is 4. The summed E-state index contributed by atoms with van der Waals surface area (Å²) in [5.74, 6) is -4.09. The largest absolute Gasteiger partial charge is 0.352 e. The number of carbonyl (C=O) groups excluding carboxylic acids is 1. The summed E-state index contributed by atoms with van der Waals surface area (Å²) in [5.41, 5.74) is 3.87. The first-order valence-corrected chi connectivity index (χ1v) is 10.4. The first-order valence-electron chi connectivity index (χ1n) is 9.97. The van der Waals surface area contributed by atoms with Gasteiger partial charge in [-0.05, 0) is 35.4 Å². The second-order valence-electron chi connectivity index (χ2n) is 7.53. The van der Waals surface area contributed by atoms with Gasteiger partial charge in [0.15, 0.2) is 23.7 Å². The molecule has 5 aromatic rings. The summed E-state index contributed by atoms with van der Waals surface area (Å²) in [6, 6.07) is 16.5. The smallest absolute Gasteiger partial charge is 0.194 e. The Morgan fingerprint density at radius 1 is 1.00 bits per heavy atom. The van der Waals surface area contributed by atoms with Crippen LogP contribution in [0.3, 0.4) is 0 Å². The number of fused-ring (bicyclic) bond motifs is 1. The molecule has 0 atom stereocenters. The molecule has 0 radical (unpaired) electrons. The van der Waals surface area contributed by atoms with Crippen LogP contribution in [0.5, 0.6) is 0 Å². The second kappa shape index (κ2) is 8.26.